The maximum absolute atomic E-state index is 8.99. The summed E-state index contributed by atoms with van der Waals surface area (Å²) in [5, 5.41) is 13.2. The van der Waals surface area contributed by atoms with Crippen molar-refractivity contribution in [3.63, 3.8) is 0 Å². The molecule has 90 valence electrons. The van der Waals surface area contributed by atoms with Gasteiger partial charge in [-0.3, -0.25) is 0 Å². The van der Waals surface area contributed by atoms with Crippen molar-refractivity contribution in [3.05, 3.63) is 29.5 Å². The van der Waals surface area contributed by atoms with Crippen LogP contribution in [0, 0.1) is 18.3 Å². The smallest absolute Gasteiger partial charge is 0.231 e. The zero-order chi connectivity index (χ0) is 12.7. The van der Waals surface area contributed by atoms with Crippen LogP contribution in [-0.2, 0) is 0 Å². The predicted molar refractivity (Wildman–Crippen MR) is 63.6 cm³/mol. The molecule has 1 aromatic heterocycles. The minimum Gasteiger partial charge on any atom is -0.454 e. The number of rotatable bonds is 1. The van der Waals surface area contributed by atoms with Crippen molar-refractivity contribution in [1.29, 1.82) is 5.26 Å². The van der Waals surface area contributed by atoms with E-state index in [9.17, 15) is 0 Å². The highest BCUT2D eigenvalue weighted by Crippen LogP contribution is 2.34. The summed E-state index contributed by atoms with van der Waals surface area (Å²) in [7, 11) is 0. The van der Waals surface area contributed by atoms with Gasteiger partial charge in [-0.1, -0.05) is 0 Å². The fourth-order valence-corrected chi connectivity index (χ4v) is 1.90. The van der Waals surface area contributed by atoms with Crippen LogP contribution >= 0.6 is 0 Å². The van der Waals surface area contributed by atoms with E-state index >= 15 is 0 Å². The lowest BCUT2D eigenvalue weighted by Gasteiger charge is -2.04. The quantitative estimate of drug-likeness (QED) is 0.816. The van der Waals surface area contributed by atoms with Gasteiger partial charge in [-0.15, -0.1) is 0 Å². The summed E-state index contributed by atoms with van der Waals surface area (Å²) < 4.78 is 12.1. The average molecular weight is 242 g/mol. The van der Waals surface area contributed by atoms with E-state index in [1.54, 1.807) is 19.1 Å². The molecule has 0 fully saturated rings. The van der Waals surface area contributed by atoms with Gasteiger partial charge >= 0.3 is 0 Å². The minimum atomic E-state index is 0.218. The summed E-state index contributed by atoms with van der Waals surface area (Å²) in [6, 6.07) is 7.43. The topological polar surface area (TPSA) is 86.1 Å². The van der Waals surface area contributed by atoms with Crippen molar-refractivity contribution in [3.8, 4) is 23.3 Å². The van der Waals surface area contributed by atoms with E-state index in [-0.39, 0.29) is 6.79 Å². The van der Waals surface area contributed by atoms with Crippen LogP contribution in [-0.4, -0.2) is 16.6 Å². The second kappa shape index (κ2) is 3.67. The fraction of sp³-hybridized carbons (Fsp3) is 0.167. The van der Waals surface area contributed by atoms with E-state index in [0.29, 0.717) is 28.6 Å². The summed E-state index contributed by atoms with van der Waals surface area (Å²) in [6.07, 6.45) is 0. The van der Waals surface area contributed by atoms with Gasteiger partial charge in [-0.05, 0) is 19.1 Å². The molecule has 0 atom stereocenters. The molecule has 1 aliphatic heterocycles. The number of benzene rings is 1. The van der Waals surface area contributed by atoms with E-state index in [4.69, 9.17) is 20.5 Å². The Morgan fingerprint density at radius 1 is 1.39 bits per heavy atom. The third kappa shape index (κ3) is 1.38. The van der Waals surface area contributed by atoms with E-state index in [1.807, 2.05) is 12.1 Å². The first kappa shape index (κ1) is 10.5. The highest BCUT2D eigenvalue weighted by molar-refractivity contribution is 5.58. The third-order valence-electron chi connectivity index (χ3n) is 2.81. The number of aryl methyl sites for hydroxylation is 1. The molecule has 0 spiro atoms. The van der Waals surface area contributed by atoms with Gasteiger partial charge < -0.3 is 15.2 Å². The summed E-state index contributed by atoms with van der Waals surface area (Å²) in [4.78, 5) is 0. The van der Waals surface area contributed by atoms with Crippen LogP contribution in [0.2, 0.25) is 0 Å². The lowest BCUT2D eigenvalue weighted by atomic mass is 10.2. The lowest BCUT2D eigenvalue weighted by Crippen LogP contribution is -2.02. The van der Waals surface area contributed by atoms with Crippen LogP contribution in [0.5, 0.6) is 11.5 Å². The Kier molecular flexibility index (Phi) is 2.13. The molecule has 2 aromatic rings. The molecular weight excluding hydrogens is 232 g/mol. The number of aromatic nitrogens is 2. The zero-order valence-corrected chi connectivity index (χ0v) is 9.67. The Balaban J connectivity index is 2.14. The number of nitrogens with zero attached hydrogens (tertiary/aromatic N) is 3. The van der Waals surface area contributed by atoms with Gasteiger partial charge in [-0.2, -0.15) is 10.4 Å². The maximum Gasteiger partial charge on any atom is 0.231 e. The van der Waals surface area contributed by atoms with Crippen LogP contribution in [0.25, 0.3) is 5.69 Å². The molecule has 2 heterocycles. The van der Waals surface area contributed by atoms with Crippen LogP contribution in [0.3, 0.4) is 0 Å². The number of nitrogen functional groups attached to an aromatic ring is 1. The number of nitriles is 1. The van der Waals surface area contributed by atoms with Gasteiger partial charge in [-0.25, -0.2) is 4.68 Å². The number of fused-ring (bicyclic) bond motifs is 1. The number of ether oxygens (including phenoxy) is 2. The Morgan fingerprint density at radius 2 is 2.17 bits per heavy atom. The summed E-state index contributed by atoms with van der Waals surface area (Å²) in [5.41, 5.74) is 7.64. The largest absolute Gasteiger partial charge is 0.454 e. The molecule has 3 rings (SSSR count). The molecule has 0 aliphatic carbocycles. The highest BCUT2D eigenvalue weighted by Gasteiger charge is 2.17. The minimum absolute atomic E-state index is 0.218. The zero-order valence-electron chi connectivity index (χ0n) is 9.67. The number of hydrogen-bond donors (Lipinski definition) is 1. The molecule has 6 nitrogen and oxygen atoms in total. The molecule has 0 saturated heterocycles. The van der Waals surface area contributed by atoms with E-state index in [2.05, 4.69) is 5.10 Å². The standard InChI is InChI=1S/C12H10N4O2/c1-7-9(5-13)12(14)16(15-7)8-2-3-10-11(4-8)18-6-17-10/h2-4H,6,14H2,1H3. The van der Waals surface area contributed by atoms with Gasteiger partial charge in [0, 0.05) is 6.07 Å². The lowest BCUT2D eigenvalue weighted by molar-refractivity contribution is 0.174. The van der Waals surface area contributed by atoms with E-state index in [0.717, 1.165) is 5.69 Å². The first-order valence-electron chi connectivity index (χ1n) is 5.36. The van der Waals surface area contributed by atoms with Crippen LogP contribution < -0.4 is 15.2 Å². The molecule has 0 amide bonds. The molecule has 0 bridgehead atoms. The molecule has 0 saturated carbocycles. The van der Waals surface area contributed by atoms with Crippen molar-refractivity contribution in [1.82, 2.24) is 9.78 Å². The number of nitrogens with two attached hydrogens (primary N) is 1. The van der Waals surface area contributed by atoms with E-state index in [1.165, 1.54) is 4.68 Å². The first-order chi connectivity index (χ1) is 8.70. The fourth-order valence-electron chi connectivity index (χ4n) is 1.90. The first-order valence-corrected chi connectivity index (χ1v) is 5.36. The van der Waals surface area contributed by atoms with Crippen molar-refractivity contribution >= 4 is 5.82 Å². The summed E-state index contributed by atoms with van der Waals surface area (Å²) >= 11 is 0. The van der Waals surface area contributed by atoms with Gasteiger partial charge in [0.1, 0.15) is 17.5 Å². The Labute approximate surface area is 103 Å². The highest BCUT2D eigenvalue weighted by atomic mass is 16.7. The summed E-state index contributed by atoms with van der Waals surface area (Å²) in [6.45, 7) is 1.97. The van der Waals surface area contributed by atoms with Gasteiger partial charge in [0.2, 0.25) is 6.79 Å². The van der Waals surface area contributed by atoms with Crippen LogP contribution in [0.4, 0.5) is 5.82 Å². The Hall–Kier alpha value is -2.68. The number of anilines is 1. The van der Waals surface area contributed by atoms with Gasteiger partial charge in [0.05, 0.1) is 11.4 Å². The molecule has 6 heteroatoms. The average Bonchev–Trinajstić information content (AvgIpc) is 2.93. The molecule has 18 heavy (non-hydrogen) atoms. The Bertz CT molecular complexity index is 669. The van der Waals surface area contributed by atoms with Gasteiger partial charge in [0.25, 0.3) is 0 Å². The van der Waals surface area contributed by atoms with Crippen molar-refractivity contribution in [2.24, 2.45) is 0 Å². The Morgan fingerprint density at radius 3 is 2.89 bits per heavy atom. The van der Waals surface area contributed by atoms with Gasteiger partial charge in [0.15, 0.2) is 11.5 Å². The molecule has 0 unspecified atom stereocenters. The van der Waals surface area contributed by atoms with Crippen molar-refractivity contribution < 1.29 is 9.47 Å². The predicted octanol–water partition coefficient (Wildman–Crippen LogP) is 1.36. The number of hydrogen-bond acceptors (Lipinski definition) is 5. The summed E-state index contributed by atoms with van der Waals surface area (Å²) in [5.74, 6) is 1.68. The molecular formula is C12H10N4O2. The second-order valence-corrected chi connectivity index (χ2v) is 3.91. The monoisotopic (exact) mass is 242 g/mol. The third-order valence-corrected chi connectivity index (χ3v) is 2.81. The van der Waals surface area contributed by atoms with E-state index < -0.39 is 0 Å². The molecule has 1 aromatic carbocycles. The molecule has 2 N–H and O–H groups in total. The normalized spacial score (nSPS) is 12.4. The molecule has 1 aliphatic rings. The molecule has 0 radical (unpaired) electrons. The second-order valence-electron chi connectivity index (χ2n) is 3.91. The maximum atomic E-state index is 8.99. The van der Waals surface area contributed by atoms with Crippen molar-refractivity contribution in [2.45, 2.75) is 6.92 Å². The van der Waals surface area contributed by atoms with Crippen molar-refractivity contribution in [2.75, 3.05) is 12.5 Å². The van der Waals surface area contributed by atoms with Crippen LogP contribution in [0.15, 0.2) is 18.2 Å². The SMILES string of the molecule is Cc1nn(-c2ccc3c(c2)OCO3)c(N)c1C#N. The van der Waals surface area contributed by atoms with Crippen LogP contribution in [0.1, 0.15) is 11.3 Å².